The van der Waals surface area contributed by atoms with Crippen LogP contribution in [0, 0.1) is 0 Å². The largest absolute Gasteiger partial charge is 0.374 e. The van der Waals surface area contributed by atoms with E-state index in [2.05, 4.69) is 22.4 Å². The van der Waals surface area contributed by atoms with E-state index in [0.717, 1.165) is 19.7 Å². The number of nitrogens with one attached hydrogen (secondary N) is 1. The van der Waals surface area contributed by atoms with Crippen molar-refractivity contribution in [2.75, 3.05) is 33.3 Å². The number of ether oxygens (including phenoxy) is 1. The van der Waals surface area contributed by atoms with E-state index in [1.807, 2.05) is 0 Å². The number of rotatable bonds is 2. The van der Waals surface area contributed by atoms with Gasteiger partial charge in [-0.05, 0) is 7.05 Å². The average molecular weight is 187 g/mol. The lowest BCUT2D eigenvalue weighted by Crippen LogP contribution is -2.43. The Hall–Kier alpha value is -0.850. The number of morpholine rings is 1. The second-order valence-corrected chi connectivity index (χ2v) is 3.13. The van der Waals surface area contributed by atoms with Gasteiger partial charge in [0.15, 0.2) is 0 Å². The van der Waals surface area contributed by atoms with E-state index in [4.69, 9.17) is 16.3 Å². The van der Waals surface area contributed by atoms with E-state index in [9.17, 15) is 0 Å². The van der Waals surface area contributed by atoms with Crippen molar-refractivity contribution in [3.8, 4) is 0 Å². The van der Waals surface area contributed by atoms with Gasteiger partial charge in [0.25, 0.3) is 0 Å². The first kappa shape index (κ1) is 10.2. The van der Waals surface area contributed by atoms with Gasteiger partial charge >= 0.3 is 0 Å². The number of guanidine groups is 1. The van der Waals surface area contributed by atoms with E-state index in [0.29, 0.717) is 6.54 Å². The Kier molecular flexibility index (Phi) is 3.94. The van der Waals surface area contributed by atoms with Crippen LogP contribution in [0.25, 0.3) is 0 Å². The molecule has 1 fully saturated rings. The third-order valence-electron chi connectivity index (χ3n) is 1.96. The Morgan fingerprint density at radius 2 is 2.54 bits per heavy atom. The predicted octanol–water partition coefficient (Wildman–Crippen LogP) is -1.90. The number of likely N-dealkylation sites (N-methyl/N-ethyl adjacent to an activating group) is 1. The Balaban J connectivity index is 2.28. The van der Waals surface area contributed by atoms with Gasteiger partial charge in [-0.2, -0.15) is 0 Å². The van der Waals surface area contributed by atoms with Gasteiger partial charge in [-0.1, -0.05) is 0 Å². The summed E-state index contributed by atoms with van der Waals surface area (Å²) in [7, 11) is 2.06. The molecule has 0 aromatic carbocycles. The summed E-state index contributed by atoms with van der Waals surface area (Å²) in [6.45, 7) is 3.18. The van der Waals surface area contributed by atoms with Gasteiger partial charge < -0.3 is 15.4 Å². The molecule has 6 heteroatoms. The van der Waals surface area contributed by atoms with Crippen LogP contribution in [0.4, 0.5) is 0 Å². The zero-order valence-corrected chi connectivity index (χ0v) is 7.86. The molecule has 0 amide bonds. The SMILES string of the molecule is CN1CCOC(CN=C(N)NN)C1. The van der Waals surface area contributed by atoms with Gasteiger partial charge in [-0.3, -0.25) is 5.43 Å². The molecule has 13 heavy (non-hydrogen) atoms. The number of hydrogen-bond acceptors (Lipinski definition) is 4. The molecule has 1 saturated heterocycles. The van der Waals surface area contributed by atoms with E-state index in [-0.39, 0.29) is 12.1 Å². The van der Waals surface area contributed by atoms with Crippen molar-refractivity contribution in [1.82, 2.24) is 10.3 Å². The van der Waals surface area contributed by atoms with Gasteiger partial charge in [0, 0.05) is 13.1 Å². The highest BCUT2D eigenvalue weighted by Gasteiger charge is 2.16. The third-order valence-corrected chi connectivity index (χ3v) is 1.96. The summed E-state index contributed by atoms with van der Waals surface area (Å²) in [6.07, 6.45) is 0.130. The summed E-state index contributed by atoms with van der Waals surface area (Å²) in [4.78, 5) is 6.21. The normalized spacial score (nSPS) is 26.0. The minimum absolute atomic E-state index is 0.130. The van der Waals surface area contributed by atoms with Crippen LogP contribution in [0.1, 0.15) is 0 Å². The van der Waals surface area contributed by atoms with Crippen molar-refractivity contribution in [3.63, 3.8) is 0 Å². The standard InChI is InChI=1S/C7H17N5O/c1-12-2-3-13-6(5-12)4-10-7(8)11-9/h6H,2-5,9H2,1H3,(H3,8,10,11). The highest BCUT2D eigenvalue weighted by Crippen LogP contribution is 2.02. The van der Waals surface area contributed by atoms with Gasteiger partial charge in [0.05, 0.1) is 19.3 Å². The van der Waals surface area contributed by atoms with Crippen molar-refractivity contribution >= 4 is 5.96 Å². The van der Waals surface area contributed by atoms with Crippen molar-refractivity contribution in [2.24, 2.45) is 16.6 Å². The predicted molar refractivity (Wildman–Crippen MR) is 51.0 cm³/mol. The Bertz CT molecular complexity index is 184. The van der Waals surface area contributed by atoms with Crippen LogP contribution in [-0.2, 0) is 4.74 Å². The molecule has 1 atom stereocenters. The van der Waals surface area contributed by atoms with Gasteiger partial charge in [0.2, 0.25) is 5.96 Å². The molecule has 0 aromatic heterocycles. The van der Waals surface area contributed by atoms with Crippen LogP contribution in [-0.4, -0.2) is 50.3 Å². The molecular weight excluding hydrogens is 170 g/mol. The van der Waals surface area contributed by atoms with E-state index in [1.165, 1.54) is 0 Å². The monoisotopic (exact) mass is 187 g/mol. The minimum Gasteiger partial charge on any atom is -0.374 e. The molecule has 0 aliphatic carbocycles. The quantitative estimate of drug-likeness (QED) is 0.203. The number of hydrogen-bond donors (Lipinski definition) is 3. The molecule has 0 radical (unpaired) electrons. The van der Waals surface area contributed by atoms with E-state index >= 15 is 0 Å². The molecule has 0 aromatic rings. The van der Waals surface area contributed by atoms with E-state index in [1.54, 1.807) is 0 Å². The van der Waals surface area contributed by atoms with Crippen molar-refractivity contribution < 1.29 is 4.74 Å². The van der Waals surface area contributed by atoms with Crippen LogP contribution in [0.5, 0.6) is 0 Å². The summed E-state index contributed by atoms with van der Waals surface area (Å²) in [6, 6.07) is 0. The van der Waals surface area contributed by atoms with Crippen LogP contribution in [0.3, 0.4) is 0 Å². The summed E-state index contributed by atoms with van der Waals surface area (Å²) < 4.78 is 5.47. The van der Waals surface area contributed by atoms with E-state index < -0.39 is 0 Å². The van der Waals surface area contributed by atoms with Gasteiger partial charge in [-0.25, -0.2) is 10.8 Å². The molecule has 1 unspecified atom stereocenters. The maximum absolute atomic E-state index is 5.47. The van der Waals surface area contributed by atoms with Gasteiger partial charge in [0.1, 0.15) is 0 Å². The molecular formula is C7H17N5O. The number of nitrogens with zero attached hydrogens (tertiary/aromatic N) is 2. The molecule has 1 rings (SSSR count). The summed E-state index contributed by atoms with van der Waals surface area (Å²) >= 11 is 0. The first-order chi connectivity index (χ1) is 6.22. The maximum Gasteiger partial charge on any atom is 0.203 e. The minimum atomic E-state index is 0.130. The Morgan fingerprint density at radius 3 is 3.15 bits per heavy atom. The number of hydrazine groups is 1. The highest BCUT2D eigenvalue weighted by molar-refractivity contribution is 5.77. The molecule has 5 N–H and O–H groups in total. The first-order valence-corrected chi connectivity index (χ1v) is 4.29. The third kappa shape index (κ3) is 3.58. The van der Waals surface area contributed by atoms with Crippen molar-refractivity contribution in [3.05, 3.63) is 0 Å². The first-order valence-electron chi connectivity index (χ1n) is 4.29. The van der Waals surface area contributed by atoms with Crippen LogP contribution in [0.15, 0.2) is 4.99 Å². The summed E-state index contributed by atoms with van der Waals surface area (Å²) in [5.41, 5.74) is 7.64. The second-order valence-electron chi connectivity index (χ2n) is 3.13. The van der Waals surface area contributed by atoms with Crippen LogP contribution < -0.4 is 17.0 Å². The van der Waals surface area contributed by atoms with Crippen molar-refractivity contribution in [2.45, 2.75) is 6.10 Å². The summed E-state index contributed by atoms with van der Waals surface area (Å²) in [5, 5.41) is 0. The fourth-order valence-electron chi connectivity index (χ4n) is 1.22. The fourth-order valence-corrected chi connectivity index (χ4v) is 1.22. The Morgan fingerprint density at radius 1 is 1.77 bits per heavy atom. The molecule has 1 heterocycles. The molecule has 0 saturated carbocycles. The molecule has 1 aliphatic heterocycles. The number of aliphatic imine (C=N–C) groups is 1. The lowest BCUT2D eigenvalue weighted by atomic mass is 10.3. The van der Waals surface area contributed by atoms with Gasteiger partial charge in [-0.15, -0.1) is 0 Å². The summed E-state index contributed by atoms with van der Waals surface area (Å²) in [5.74, 6) is 5.30. The zero-order chi connectivity index (χ0) is 9.68. The molecule has 0 bridgehead atoms. The highest BCUT2D eigenvalue weighted by atomic mass is 16.5. The van der Waals surface area contributed by atoms with Crippen LogP contribution >= 0.6 is 0 Å². The second kappa shape index (κ2) is 5.00. The fraction of sp³-hybridized carbons (Fsp3) is 0.857. The Labute approximate surface area is 77.9 Å². The smallest absolute Gasteiger partial charge is 0.203 e. The molecule has 6 nitrogen and oxygen atoms in total. The molecule has 1 aliphatic rings. The van der Waals surface area contributed by atoms with Crippen LogP contribution in [0.2, 0.25) is 0 Å². The molecule has 0 spiro atoms. The molecule has 76 valence electrons. The maximum atomic E-state index is 5.47. The lowest BCUT2D eigenvalue weighted by molar-refractivity contribution is -0.0136. The zero-order valence-electron chi connectivity index (χ0n) is 7.86. The topological polar surface area (TPSA) is 88.9 Å². The van der Waals surface area contributed by atoms with Crippen molar-refractivity contribution in [1.29, 1.82) is 0 Å². The number of nitrogens with two attached hydrogens (primary N) is 2. The average Bonchev–Trinajstić information content (AvgIpc) is 2.14. The lowest BCUT2D eigenvalue weighted by Gasteiger charge is -2.28.